The van der Waals surface area contributed by atoms with Crippen molar-refractivity contribution in [1.82, 2.24) is 9.55 Å². The van der Waals surface area contributed by atoms with Crippen LogP contribution in [-0.4, -0.2) is 15.5 Å². The zero-order valence-corrected chi connectivity index (χ0v) is 14.7. The second-order valence-corrected chi connectivity index (χ2v) is 6.99. The maximum atomic E-state index is 12.4. The van der Waals surface area contributed by atoms with Crippen LogP contribution in [0, 0.1) is 0 Å². The van der Waals surface area contributed by atoms with Crippen LogP contribution in [0.5, 0.6) is 0 Å². The molecule has 2 aromatic carbocycles. The molecule has 1 aliphatic rings. The number of nitrogens with zero attached hydrogens (tertiary/aromatic N) is 2. The fraction of sp³-hybridized carbons (Fsp3) is 0.300. The van der Waals surface area contributed by atoms with Gasteiger partial charge in [-0.15, -0.1) is 0 Å². The Labute approximate surface area is 151 Å². The average molecular weight is 354 g/mol. The summed E-state index contributed by atoms with van der Waals surface area (Å²) in [6, 6.07) is 13.5. The third-order valence-corrected chi connectivity index (χ3v) is 5.25. The Balaban J connectivity index is 1.58. The molecule has 5 heteroatoms. The predicted molar refractivity (Wildman–Crippen MR) is 101 cm³/mol. The standard InChI is InChI=1S/C20H20ClN3O/c21-17-9-5-4-8-16(17)20(25)23-14-10-11-19-18(12-14)22-13-24(19)15-6-2-1-3-7-15/h4-5,8-13,15H,1-3,6-7H2,(H,23,25). The zero-order valence-electron chi connectivity index (χ0n) is 13.9. The number of hydrogen-bond donors (Lipinski definition) is 1. The van der Waals surface area contributed by atoms with Gasteiger partial charge in [0.2, 0.25) is 0 Å². The van der Waals surface area contributed by atoms with E-state index in [1.54, 1.807) is 18.2 Å². The van der Waals surface area contributed by atoms with Gasteiger partial charge in [0.15, 0.2) is 0 Å². The Morgan fingerprint density at radius 1 is 1.12 bits per heavy atom. The molecule has 0 atom stereocenters. The Kier molecular flexibility index (Phi) is 4.45. The van der Waals surface area contributed by atoms with E-state index in [2.05, 4.69) is 14.9 Å². The van der Waals surface area contributed by atoms with Crippen LogP contribution in [0.2, 0.25) is 5.02 Å². The van der Waals surface area contributed by atoms with Gasteiger partial charge in [0, 0.05) is 11.7 Å². The molecule has 4 rings (SSSR count). The highest BCUT2D eigenvalue weighted by Gasteiger charge is 2.17. The number of halogens is 1. The molecule has 1 aromatic heterocycles. The van der Waals surface area contributed by atoms with Crippen LogP contribution in [0.25, 0.3) is 11.0 Å². The molecule has 0 aliphatic heterocycles. The summed E-state index contributed by atoms with van der Waals surface area (Å²) in [5.41, 5.74) is 3.23. The molecule has 25 heavy (non-hydrogen) atoms. The largest absolute Gasteiger partial charge is 0.327 e. The van der Waals surface area contributed by atoms with E-state index in [0.717, 1.165) is 16.7 Å². The molecule has 0 spiro atoms. The first kappa shape index (κ1) is 16.2. The molecule has 0 saturated heterocycles. The number of hydrogen-bond acceptors (Lipinski definition) is 2. The van der Waals surface area contributed by atoms with Crippen molar-refractivity contribution in [2.45, 2.75) is 38.1 Å². The van der Waals surface area contributed by atoms with Crippen molar-refractivity contribution in [3.8, 4) is 0 Å². The highest BCUT2D eigenvalue weighted by atomic mass is 35.5. The molecule has 0 radical (unpaired) electrons. The third-order valence-electron chi connectivity index (χ3n) is 4.92. The van der Waals surface area contributed by atoms with Crippen molar-refractivity contribution < 1.29 is 4.79 Å². The number of rotatable bonds is 3. The summed E-state index contributed by atoms with van der Waals surface area (Å²) < 4.78 is 2.29. The second-order valence-electron chi connectivity index (χ2n) is 6.58. The fourth-order valence-electron chi connectivity index (χ4n) is 3.60. The van der Waals surface area contributed by atoms with Crippen molar-refractivity contribution in [2.75, 3.05) is 5.32 Å². The number of amides is 1. The number of nitrogens with one attached hydrogen (secondary N) is 1. The first-order valence-corrected chi connectivity index (χ1v) is 9.12. The third kappa shape index (κ3) is 3.27. The molecule has 1 aliphatic carbocycles. The van der Waals surface area contributed by atoms with Gasteiger partial charge in [0.05, 0.1) is 27.9 Å². The normalized spacial score (nSPS) is 15.4. The minimum absolute atomic E-state index is 0.211. The molecule has 1 saturated carbocycles. The molecule has 1 fully saturated rings. The Morgan fingerprint density at radius 3 is 2.72 bits per heavy atom. The highest BCUT2D eigenvalue weighted by molar-refractivity contribution is 6.34. The summed E-state index contributed by atoms with van der Waals surface area (Å²) in [7, 11) is 0. The van der Waals surface area contributed by atoms with Gasteiger partial charge in [-0.1, -0.05) is 43.0 Å². The van der Waals surface area contributed by atoms with Crippen molar-refractivity contribution in [1.29, 1.82) is 0 Å². The van der Waals surface area contributed by atoms with E-state index in [4.69, 9.17) is 11.6 Å². The van der Waals surface area contributed by atoms with Crippen LogP contribution in [0.15, 0.2) is 48.8 Å². The summed E-state index contributed by atoms with van der Waals surface area (Å²) in [4.78, 5) is 16.9. The number of carbonyl (C=O) groups is 1. The van der Waals surface area contributed by atoms with Crippen molar-refractivity contribution in [3.05, 3.63) is 59.4 Å². The number of aromatic nitrogens is 2. The minimum atomic E-state index is -0.211. The summed E-state index contributed by atoms with van der Waals surface area (Å²) in [5, 5.41) is 3.35. The SMILES string of the molecule is O=C(Nc1ccc2c(c1)ncn2C1CCCCC1)c1ccccc1Cl. The Morgan fingerprint density at radius 2 is 1.92 bits per heavy atom. The number of imidazole rings is 1. The van der Waals surface area contributed by atoms with E-state index >= 15 is 0 Å². The van der Waals surface area contributed by atoms with Crippen LogP contribution in [0.4, 0.5) is 5.69 Å². The van der Waals surface area contributed by atoms with Crippen molar-refractivity contribution >= 4 is 34.2 Å². The first-order chi connectivity index (χ1) is 12.2. The van der Waals surface area contributed by atoms with Gasteiger partial charge in [-0.25, -0.2) is 4.98 Å². The van der Waals surface area contributed by atoms with Crippen LogP contribution in [0.3, 0.4) is 0 Å². The van der Waals surface area contributed by atoms with Gasteiger partial charge in [-0.2, -0.15) is 0 Å². The van der Waals surface area contributed by atoms with Crippen LogP contribution in [0.1, 0.15) is 48.5 Å². The Hall–Kier alpha value is -2.33. The van der Waals surface area contributed by atoms with Gasteiger partial charge >= 0.3 is 0 Å². The van der Waals surface area contributed by atoms with Gasteiger partial charge in [-0.05, 0) is 43.2 Å². The molecular formula is C20H20ClN3O. The summed E-state index contributed by atoms with van der Waals surface area (Å²) >= 11 is 6.09. The van der Waals surface area contributed by atoms with E-state index in [1.165, 1.54) is 32.1 Å². The topological polar surface area (TPSA) is 46.9 Å². The lowest BCUT2D eigenvalue weighted by molar-refractivity contribution is 0.102. The molecule has 1 amide bonds. The number of anilines is 1. The number of benzene rings is 2. The van der Waals surface area contributed by atoms with E-state index in [-0.39, 0.29) is 5.91 Å². The molecule has 4 nitrogen and oxygen atoms in total. The summed E-state index contributed by atoms with van der Waals surface area (Å²) in [5.74, 6) is -0.211. The zero-order chi connectivity index (χ0) is 17.2. The first-order valence-electron chi connectivity index (χ1n) is 8.75. The molecule has 0 bridgehead atoms. The molecule has 1 N–H and O–H groups in total. The van der Waals surface area contributed by atoms with E-state index in [0.29, 0.717) is 16.6 Å². The molecular weight excluding hydrogens is 334 g/mol. The van der Waals surface area contributed by atoms with Gasteiger partial charge in [0.25, 0.3) is 5.91 Å². The van der Waals surface area contributed by atoms with E-state index in [9.17, 15) is 4.79 Å². The van der Waals surface area contributed by atoms with Gasteiger partial charge in [0.1, 0.15) is 0 Å². The average Bonchev–Trinajstić information content (AvgIpc) is 3.06. The fourth-order valence-corrected chi connectivity index (χ4v) is 3.83. The van der Waals surface area contributed by atoms with Gasteiger partial charge in [-0.3, -0.25) is 4.79 Å². The summed E-state index contributed by atoms with van der Waals surface area (Å²) in [6.07, 6.45) is 8.28. The minimum Gasteiger partial charge on any atom is -0.327 e. The molecule has 128 valence electrons. The van der Waals surface area contributed by atoms with Gasteiger partial charge < -0.3 is 9.88 Å². The van der Waals surface area contributed by atoms with Crippen molar-refractivity contribution in [2.24, 2.45) is 0 Å². The van der Waals surface area contributed by atoms with Crippen molar-refractivity contribution in [3.63, 3.8) is 0 Å². The lowest BCUT2D eigenvalue weighted by Gasteiger charge is -2.23. The molecule has 0 unspecified atom stereocenters. The quantitative estimate of drug-likeness (QED) is 0.680. The lowest BCUT2D eigenvalue weighted by atomic mass is 9.95. The highest BCUT2D eigenvalue weighted by Crippen LogP contribution is 2.31. The van der Waals surface area contributed by atoms with E-state index in [1.807, 2.05) is 30.6 Å². The maximum absolute atomic E-state index is 12.4. The predicted octanol–water partition coefficient (Wildman–Crippen LogP) is 5.45. The molecule has 1 heterocycles. The van der Waals surface area contributed by atoms with E-state index < -0.39 is 0 Å². The molecule has 3 aromatic rings. The number of fused-ring (bicyclic) bond motifs is 1. The summed E-state index contributed by atoms with van der Waals surface area (Å²) in [6.45, 7) is 0. The second kappa shape index (κ2) is 6.89. The van der Waals surface area contributed by atoms with Crippen LogP contribution in [-0.2, 0) is 0 Å². The maximum Gasteiger partial charge on any atom is 0.257 e. The number of carbonyl (C=O) groups excluding carboxylic acids is 1. The van der Waals surface area contributed by atoms with Crippen LogP contribution >= 0.6 is 11.6 Å². The monoisotopic (exact) mass is 353 g/mol. The Bertz CT molecular complexity index is 912. The van der Waals surface area contributed by atoms with Crippen LogP contribution < -0.4 is 5.32 Å². The lowest BCUT2D eigenvalue weighted by Crippen LogP contribution is -2.13. The smallest absolute Gasteiger partial charge is 0.257 e.